The Labute approximate surface area is 157 Å². The van der Waals surface area contributed by atoms with Gasteiger partial charge in [0.15, 0.2) is 16.6 Å². The lowest BCUT2D eigenvalue weighted by molar-refractivity contribution is -0.140. The Morgan fingerprint density at radius 3 is 2.04 bits per heavy atom. The van der Waals surface area contributed by atoms with Crippen molar-refractivity contribution in [2.24, 2.45) is 0 Å². The van der Waals surface area contributed by atoms with E-state index in [1.54, 1.807) is 13.0 Å². The van der Waals surface area contributed by atoms with Gasteiger partial charge in [0.1, 0.15) is 21.3 Å². The molecule has 0 aliphatic heterocycles. The molecule has 0 saturated heterocycles. The Kier molecular flexibility index (Phi) is 11.3. The van der Waals surface area contributed by atoms with Gasteiger partial charge in [-0.1, -0.05) is 25.5 Å². The summed E-state index contributed by atoms with van der Waals surface area (Å²) < 4.78 is 17.8. The van der Waals surface area contributed by atoms with Crippen molar-refractivity contribution in [3.8, 4) is 0 Å². The Bertz CT molecular complexity index is 399. The Morgan fingerprint density at radius 1 is 1.12 bits per heavy atom. The predicted molar refractivity (Wildman–Crippen MR) is 111 cm³/mol. The lowest BCUT2D eigenvalue weighted by Crippen LogP contribution is -2.49. The first-order valence-corrected chi connectivity index (χ1v) is 18.3. The summed E-state index contributed by atoms with van der Waals surface area (Å²) in [7, 11) is -5.03. The lowest BCUT2D eigenvalue weighted by atomic mass is 10.4. The van der Waals surface area contributed by atoms with Gasteiger partial charge in [-0.15, -0.1) is 0 Å². The summed E-state index contributed by atoms with van der Waals surface area (Å²) in [5.41, 5.74) is 0. The summed E-state index contributed by atoms with van der Waals surface area (Å²) in [5, 5.41) is 10.4. The highest BCUT2D eigenvalue weighted by atomic mass is 28.4. The molecule has 0 bridgehead atoms. The Morgan fingerprint density at radius 2 is 1.64 bits per heavy atom. The first-order chi connectivity index (χ1) is 11.4. The largest absolute Gasteiger partial charge is 0.460 e. The maximum Gasteiger partial charge on any atom is 0.330 e. The molecule has 0 radical (unpaired) electrons. The summed E-state index contributed by atoms with van der Waals surface area (Å²) in [6, 6.07) is 1.68. The molecule has 0 amide bonds. The fourth-order valence-corrected chi connectivity index (χ4v) is 10.3. The quantitative estimate of drug-likeness (QED) is 0.232. The number of carbonyl (C=O) groups excluding carboxylic acids is 1. The molecular weight excluding hydrogens is 368 g/mol. The van der Waals surface area contributed by atoms with Gasteiger partial charge in [0.05, 0.1) is 6.10 Å². The van der Waals surface area contributed by atoms with Crippen LogP contribution < -0.4 is 0 Å². The fraction of sp³-hybridized carbons (Fsp3) is 0.824. The van der Waals surface area contributed by atoms with Crippen LogP contribution in [0.25, 0.3) is 0 Å². The minimum absolute atomic E-state index is 0.0308. The molecule has 0 aromatic carbocycles. The van der Waals surface area contributed by atoms with Crippen LogP contribution >= 0.6 is 0 Å². The van der Waals surface area contributed by atoms with Crippen molar-refractivity contribution in [2.75, 3.05) is 6.61 Å². The van der Waals surface area contributed by atoms with Crippen LogP contribution in [-0.2, 0) is 18.4 Å². The SMILES string of the molecule is CC=CC(=O)OCC(O)C[SiH](CCC)C(O[Si](C)(C)C)O[Si](C)(C)C. The van der Waals surface area contributed by atoms with E-state index < -0.39 is 37.5 Å². The van der Waals surface area contributed by atoms with E-state index in [-0.39, 0.29) is 12.5 Å². The lowest BCUT2D eigenvalue weighted by Gasteiger charge is -2.36. The first-order valence-electron chi connectivity index (χ1n) is 9.21. The first kappa shape index (κ1) is 24.7. The maximum absolute atomic E-state index is 11.4. The summed E-state index contributed by atoms with van der Waals surface area (Å²) in [4.78, 5) is 11.4. The zero-order chi connectivity index (χ0) is 19.7. The van der Waals surface area contributed by atoms with Crippen molar-refractivity contribution in [1.29, 1.82) is 0 Å². The summed E-state index contributed by atoms with van der Waals surface area (Å²) in [6.07, 6.45) is 3.38. The molecule has 0 aromatic heterocycles. The van der Waals surface area contributed by atoms with E-state index in [0.717, 1.165) is 12.5 Å². The number of allylic oxidation sites excluding steroid dienone is 1. The van der Waals surface area contributed by atoms with E-state index in [1.807, 2.05) is 0 Å². The second-order valence-corrected chi connectivity index (χ2v) is 20.4. The number of rotatable bonds is 12. The van der Waals surface area contributed by atoms with Crippen LogP contribution in [0.5, 0.6) is 0 Å². The minimum atomic E-state index is -1.75. The molecule has 2 unspecified atom stereocenters. The molecule has 0 saturated carbocycles. The molecule has 148 valence electrons. The Balaban J connectivity index is 4.98. The summed E-state index contributed by atoms with van der Waals surface area (Å²) in [5.74, 6) is -0.581. The van der Waals surface area contributed by atoms with E-state index in [2.05, 4.69) is 46.2 Å². The molecule has 0 spiro atoms. The molecule has 0 aromatic rings. The number of carbonyl (C=O) groups is 1. The van der Waals surface area contributed by atoms with Gasteiger partial charge in [-0.2, -0.15) is 0 Å². The third kappa shape index (κ3) is 13.6. The van der Waals surface area contributed by atoms with Crippen LogP contribution in [0.15, 0.2) is 12.2 Å². The van der Waals surface area contributed by atoms with Gasteiger partial charge in [0.25, 0.3) is 0 Å². The van der Waals surface area contributed by atoms with Crippen molar-refractivity contribution >= 4 is 31.4 Å². The molecule has 0 aliphatic carbocycles. The van der Waals surface area contributed by atoms with E-state index in [9.17, 15) is 9.90 Å². The number of aliphatic hydroxyl groups excluding tert-OH is 1. The van der Waals surface area contributed by atoms with E-state index >= 15 is 0 Å². The smallest absolute Gasteiger partial charge is 0.330 e. The number of ether oxygens (including phenoxy) is 1. The van der Waals surface area contributed by atoms with Crippen LogP contribution in [-0.4, -0.2) is 55.1 Å². The van der Waals surface area contributed by atoms with Crippen molar-refractivity contribution in [3.05, 3.63) is 12.2 Å². The number of esters is 1. The summed E-state index contributed by atoms with van der Waals surface area (Å²) >= 11 is 0. The number of hydrogen-bond acceptors (Lipinski definition) is 5. The molecule has 8 heteroatoms. The van der Waals surface area contributed by atoms with E-state index in [4.69, 9.17) is 13.6 Å². The van der Waals surface area contributed by atoms with Crippen molar-refractivity contribution < 1.29 is 23.5 Å². The zero-order valence-corrected chi connectivity index (χ0v) is 20.5. The molecule has 5 nitrogen and oxygen atoms in total. The van der Waals surface area contributed by atoms with Crippen LogP contribution in [0, 0.1) is 0 Å². The third-order valence-corrected chi connectivity index (χ3v) is 9.21. The predicted octanol–water partition coefficient (Wildman–Crippen LogP) is 3.67. The maximum atomic E-state index is 11.4. The molecule has 25 heavy (non-hydrogen) atoms. The molecule has 0 rings (SSSR count). The average molecular weight is 407 g/mol. The molecule has 0 aliphatic rings. The van der Waals surface area contributed by atoms with Crippen LogP contribution in [0.2, 0.25) is 51.4 Å². The summed E-state index contributed by atoms with van der Waals surface area (Å²) in [6.45, 7) is 16.9. The molecule has 1 N–H and O–H groups in total. The second-order valence-electron chi connectivity index (χ2n) is 8.40. The van der Waals surface area contributed by atoms with Crippen LogP contribution in [0.1, 0.15) is 20.3 Å². The second kappa shape index (κ2) is 11.5. The van der Waals surface area contributed by atoms with Gasteiger partial charge >= 0.3 is 5.97 Å². The monoisotopic (exact) mass is 406 g/mol. The van der Waals surface area contributed by atoms with Crippen LogP contribution in [0.4, 0.5) is 0 Å². The normalized spacial score (nSPS) is 15.6. The fourth-order valence-electron chi connectivity index (χ4n) is 2.43. The topological polar surface area (TPSA) is 65.0 Å². The molecule has 0 heterocycles. The highest BCUT2D eigenvalue weighted by molar-refractivity contribution is 6.73. The minimum Gasteiger partial charge on any atom is -0.460 e. The Hall–Kier alpha value is -0.259. The highest BCUT2D eigenvalue weighted by Gasteiger charge is 2.34. The van der Waals surface area contributed by atoms with Crippen molar-refractivity contribution in [3.63, 3.8) is 0 Å². The van der Waals surface area contributed by atoms with E-state index in [0.29, 0.717) is 6.04 Å². The molecule has 0 fully saturated rings. The van der Waals surface area contributed by atoms with Crippen molar-refractivity contribution in [1.82, 2.24) is 0 Å². The van der Waals surface area contributed by atoms with Gasteiger partial charge in [0, 0.05) is 6.08 Å². The molecule has 2 atom stereocenters. The van der Waals surface area contributed by atoms with Gasteiger partial charge in [-0.25, -0.2) is 4.79 Å². The van der Waals surface area contributed by atoms with Crippen molar-refractivity contribution in [2.45, 2.75) is 83.7 Å². The molecular formula is C17H38O5Si3. The zero-order valence-electron chi connectivity index (χ0n) is 17.3. The van der Waals surface area contributed by atoms with E-state index in [1.165, 1.54) is 6.08 Å². The van der Waals surface area contributed by atoms with Crippen LogP contribution in [0.3, 0.4) is 0 Å². The standard InChI is InChI=1S/C17H38O5Si3/c1-9-11-16(19)20-13-15(18)14-23(12-10-2)17(21-24(3,4)5)22-25(6,7)8/h9,11,15,17-18,23H,10,12-14H2,1-8H3. The van der Waals surface area contributed by atoms with Gasteiger partial charge in [-0.05, 0) is 52.2 Å². The number of aliphatic hydroxyl groups is 1. The van der Waals surface area contributed by atoms with Gasteiger partial charge < -0.3 is 18.7 Å². The van der Waals surface area contributed by atoms with Gasteiger partial charge in [-0.3, -0.25) is 0 Å². The highest BCUT2D eigenvalue weighted by Crippen LogP contribution is 2.22. The average Bonchev–Trinajstić information content (AvgIpc) is 2.41. The number of hydrogen-bond donors (Lipinski definition) is 1. The third-order valence-electron chi connectivity index (χ3n) is 3.28. The van der Waals surface area contributed by atoms with Gasteiger partial charge in [0.2, 0.25) is 0 Å².